The third-order valence-corrected chi connectivity index (χ3v) is 4.70. The number of nitro groups is 1. The number of nitro benzene ring substituents is 1. The minimum Gasteiger partial charge on any atom is -0.452 e. The predicted octanol–water partition coefficient (Wildman–Crippen LogP) is 4.53. The van der Waals surface area contributed by atoms with Gasteiger partial charge < -0.3 is 10.1 Å². The Hall–Kier alpha value is -2.26. The summed E-state index contributed by atoms with van der Waals surface area (Å²) < 4.78 is 5.70. The van der Waals surface area contributed by atoms with Crippen molar-refractivity contribution < 1.29 is 19.2 Å². The molecule has 1 amide bonds. The van der Waals surface area contributed by atoms with Crippen molar-refractivity contribution in [3.05, 3.63) is 66.1 Å². The summed E-state index contributed by atoms with van der Waals surface area (Å²) in [4.78, 5) is 34.5. The van der Waals surface area contributed by atoms with Crippen LogP contribution in [0.5, 0.6) is 0 Å². The third kappa shape index (κ3) is 4.89. The molecule has 2 rings (SSSR count). The van der Waals surface area contributed by atoms with Gasteiger partial charge in [0.25, 0.3) is 11.6 Å². The molecule has 2 aromatic carbocycles. The lowest BCUT2D eigenvalue weighted by molar-refractivity contribution is -0.385. The van der Waals surface area contributed by atoms with Crippen LogP contribution in [0, 0.1) is 24.0 Å². The molecule has 9 heteroatoms. The first-order valence-corrected chi connectivity index (χ1v) is 8.95. The van der Waals surface area contributed by atoms with Gasteiger partial charge in [-0.3, -0.25) is 14.9 Å². The molecule has 0 aliphatic carbocycles. The molecule has 0 aliphatic rings. The topological polar surface area (TPSA) is 98.5 Å². The minimum atomic E-state index is -0.594. The van der Waals surface area contributed by atoms with E-state index in [-0.39, 0.29) is 5.69 Å². The Labute approximate surface area is 166 Å². The Morgan fingerprint density at radius 3 is 2.35 bits per heavy atom. The molecule has 0 spiro atoms. The summed E-state index contributed by atoms with van der Waals surface area (Å²) in [6.45, 7) is 3.15. The second kappa shape index (κ2) is 8.41. The number of carbonyl (C=O) groups is 2. The number of carbonyl (C=O) groups excluding carboxylic acids is 2. The fourth-order valence-electron chi connectivity index (χ4n) is 2.12. The fourth-order valence-corrected chi connectivity index (χ4v) is 3.49. The Balaban J connectivity index is 2.04. The molecule has 0 aromatic heterocycles. The van der Waals surface area contributed by atoms with E-state index >= 15 is 0 Å². The SMILES string of the molecule is Cc1ccc(C)c(C(=O)OCC(=O)Nc2c(Br)cc([N+](=O)[O-])cc2Br)c1. The monoisotopic (exact) mass is 484 g/mol. The maximum Gasteiger partial charge on any atom is 0.338 e. The van der Waals surface area contributed by atoms with Crippen molar-refractivity contribution in [3.8, 4) is 0 Å². The number of amides is 1. The van der Waals surface area contributed by atoms with Gasteiger partial charge in [-0.25, -0.2) is 4.79 Å². The zero-order chi connectivity index (χ0) is 19.4. The molecule has 0 radical (unpaired) electrons. The van der Waals surface area contributed by atoms with Crippen molar-refractivity contribution >= 4 is 55.1 Å². The molecule has 0 unspecified atom stereocenters. The van der Waals surface area contributed by atoms with Crippen LogP contribution >= 0.6 is 31.9 Å². The van der Waals surface area contributed by atoms with Gasteiger partial charge in [0, 0.05) is 21.1 Å². The number of halogens is 2. The molecular weight excluding hydrogens is 472 g/mol. The number of benzene rings is 2. The van der Waals surface area contributed by atoms with E-state index in [0.29, 0.717) is 20.2 Å². The summed E-state index contributed by atoms with van der Waals surface area (Å²) >= 11 is 6.34. The normalized spacial score (nSPS) is 10.3. The lowest BCUT2D eigenvalue weighted by Crippen LogP contribution is -2.21. The predicted molar refractivity (Wildman–Crippen MR) is 103 cm³/mol. The summed E-state index contributed by atoms with van der Waals surface area (Å²) in [6.07, 6.45) is 0. The van der Waals surface area contributed by atoms with Gasteiger partial charge in [0.15, 0.2) is 6.61 Å². The molecule has 2 aromatic rings. The molecular formula is C17H14Br2N2O5. The first kappa shape index (κ1) is 20.1. The van der Waals surface area contributed by atoms with Crippen LogP contribution in [-0.4, -0.2) is 23.4 Å². The van der Waals surface area contributed by atoms with Crippen molar-refractivity contribution in [3.63, 3.8) is 0 Å². The largest absolute Gasteiger partial charge is 0.452 e. The minimum absolute atomic E-state index is 0.136. The highest BCUT2D eigenvalue weighted by Gasteiger charge is 2.17. The fraction of sp³-hybridized carbons (Fsp3) is 0.176. The van der Waals surface area contributed by atoms with E-state index in [1.54, 1.807) is 19.1 Å². The third-order valence-electron chi connectivity index (χ3n) is 3.45. The highest BCUT2D eigenvalue weighted by atomic mass is 79.9. The number of hydrogen-bond donors (Lipinski definition) is 1. The van der Waals surface area contributed by atoms with Gasteiger partial charge in [-0.2, -0.15) is 0 Å². The standard InChI is InChI=1S/C17H14Br2N2O5/c1-9-3-4-10(2)12(5-9)17(23)26-8-15(22)20-16-13(18)6-11(21(24)25)7-14(16)19/h3-7H,8H2,1-2H3,(H,20,22). The van der Waals surface area contributed by atoms with Gasteiger partial charge in [-0.05, 0) is 57.3 Å². The molecule has 0 bridgehead atoms. The summed E-state index contributed by atoms with van der Waals surface area (Å²) in [5.41, 5.74) is 2.23. The highest BCUT2D eigenvalue weighted by molar-refractivity contribution is 9.11. The first-order valence-electron chi connectivity index (χ1n) is 7.36. The summed E-state index contributed by atoms with van der Waals surface area (Å²) in [6, 6.07) is 7.91. The van der Waals surface area contributed by atoms with Crippen LogP contribution in [0.2, 0.25) is 0 Å². The maximum absolute atomic E-state index is 12.1. The zero-order valence-corrected chi connectivity index (χ0v) is 17.0. The molecule has 0 aliphatic heterocycles. The van der Waals surface area contributed by atoms with Crippen molar-refractivity contribution in [2.75, 3.05) is 11.9 Å². The van der Waals surface area contributed by atoms with Gasteiger partial charge >= 0.3 is 5.97 Å². The summed E-state index contributed by atoms with van der Waals surface area (Å²) in [5, 5.41) is 13.4. The molecule has 0 saturated carbocycles. The number of non-ortho nitro benzene ring substituents is 1. The number of nitrogens with one attached hydrogen (secondary N) is 1. The van der Waals surface area contributed by atoms with Crippen LogP contribution < -0.4 is 5.32 Å². The molecule has 0 heterocycles. The Morgan fingerprint density at radius 1 is 1.15 bits per heavy atom. The lowest BCUT2D eigenvalue weighted by atomic mass is 10.1. The Kier molecular flexibility index (Phi) is 6.49. The van der Waals surface area contributed by atoms with Gasteiger partial charge in [-0.15, -0.1) is 0 Å². The van der Waals surface area contributed by atoms with Gasteiger partial charge in [-0.1, -0.05) is 17.7 Å². The van der Waals surface area contributed by atoms with Crippen LogP contribution in [0.3, 0.4) is 0 Å². The van der Waals surface area contributed by atoms with Gasteiger partial charge in [0.2, 0.25) is 0 Å². The molecule has 0 atom stereocenters. The van der Waals surface area contributed by atoms with Crippen molar-refractivity contribution in [2.45, 2.75) is 13.8 Å². The van der Waals surface area contributed by atoms with Gasteiger partial charge in [0.1, 0.15) is 0 Å². The number of ether oxygens (including phenoxy) is 1. The maximum atomic E-state index is 12.1. The molecule has 0 saturated heterocycles. The summed E-state index contributed by atoms with van der Waals surface area (Å²) in [7, 11) is 0. The average molecular weight is 486 g/mol. The van der Waals surface area contributed by atoms with Crippen LogP contribution in [0.15, 0.2) is 39.3 Å². The molecule has 1 N–H and O–H groups in total. The molecule has 0 fully saturated rings. The van der Waals surface area contributed by atoms with E-state index in [9.17, 15) is 19.7 Å². The number of esters is 1. The van der Waals surface area contributed by atoms with E-state index < -0.39 is 23.4 Å². The van der Waals surface area contributed by atoms with E-state index in [0.717, 1.165) is 11.1 Å². The van der Waals surface area contributed by atoms with E-state index in [2.05, 4.69) is 37.2 Å². The number of hydrogen-bond acceptors (Lipinski definition) is 5. The second-order valence-corrected chi connectivity index (χ2v) is 7.19. The van der Waals surface area contributed by atoms with Crippen molar-refractivity contribution in [1.82, 2.24) is 0 Å². The van der Waals surface area contributed by atoms with Crippen molar-refractivity contribution in [2.24, 2.45) is 0 Å². The smallest absolute Gasteiger partial charge is 0.338 e. The van der Waals surface area contributed by atoms with Gasteiger partial charge in [0.05, 0.1) is 16.2 Å². The van der Waals surface area contributed by atoms with E-state index in [1.807, 2.05) is 13.0 Å². The van der Waals surface area contributed by atoms with E-state index in [1.165, 1.54) is 12.1 Å². The van der Waals surface area contributed by atoms with E-state index in [4.69, 9.17) is 4.74 Å². The quantitative estimate of drug-likeness (QED) is 0.381. The van der Waals surface area contributed by atoms with Crippen LogP contribution in [-0.2, 0) is 9.53 Å². The number of anilines is 1. The number of aryl methyl sites for hydroxylation is 2. The van der Waals surface area contributed by atoms with Crippen molar-refractivity contribution in [1.29, 1.82) is 0 Å². The summed E-state index contributed by atoms with van der Waals surface area (Å²) in [5.74, 6) is -1.16. The Bertz CT molecular complexity index is 876. The zero-order valence-electron chi connectivity index (χ0n) is 13.8. The lowest BCUT2D eigenvalue weighted by Gasteiger charge is -2.11. The molecule has 26 heavy (non-hydrogen) atoms. The first-order chi connectivity index (χ1) is 12.2. The van der Waals surface area contributed by atoms with Crippen LogP contribution in [0.25, 0.3) is 0 Å². The number of nitrogens with zero attached hydrogens (tertiary/aromatic N) is 1. The van der Waals surface area contributed by atoms with Crippen LogP contribution in [0.1, 0.15) is 21.5 Å². The molecule has 136 valence electrons. The Morgan fingerprint density at radius 2 is 1.77 bits per heavy atom. The average Bonchev–Trinajstić information content (AvgIpc) is 2.57. The highest BCUT2D eigenvalue weighted by Crippen LogP contribution is 2.35. The van der Waals surface area contributed by atoms with Crippen LogP contribution in [0.4, 0.5) is 11.4 Å². The number of rotatable bonds is 5. The molecule has 7 nitrogen and oxygen atoms in total. The second-order valence-electron chi connectivity index (χ2n) is 5.48.